The number of hydrogen-bond donors (Lipinski definition) is 1. The Morgan fingerprint density at radius 1 is 1.33 bits per heavy atom. The highest BCUT2D eigenvalue weighted by Gasteiger charge is 2.33. The highest BCUT2D eigenvalue weighted by atomic mass is 16.3. The molecular weight excluding hydrogens is 304 g/mol. The Hall–Kier alpha value is -2.60. The quantitative estimate of drug-likeness (QED) is 0.800. The van der Waals surface area contributed by atoms with Gasteiger partial charge in [0.15, 0.2) is 0 Å². The van der Waals surface area contributed by atoms with Gasteiger partial charge in [-0.1, -0.05) is 6.07 Å². The molecule has 1 unspecified atom stereocenters. The van der Waals surface area contributed by atoms with Crippen molar-refractivity contribution < 1.29 is 9.21 Å². The molecule has 24 heavy (non-hydrogen) atoms. The summed E-state index contributed by atoms with van der Waals surface area (Å²) in [5.74, 6) is 0.976. The van der Waals surface area contributed by atoms with Gasteiger partial charge < -0.3 is 9.73 Å². The van der Waals surface area contributed by atoms with Gasteiger partial charge in [-0.05, 0) is 37.1 Å². The summed E-state index contributed by atoms with van der Waals surface area (Å²) >= 11 is 0. The molecule has 4 rings (SSSR count). The number of amides is 1. The van der Waals surface area contributed by atoms with Crippen LogP contribution in [-0.2, 0) is 18.4 Å². The van der Waals surface area contributed by atoms with E-state index in [1.54, 1.807) is 10.9 Å². The number of anilines is 1. The molecule has 124 valence electrons. The number of aryl methyl sites for hydroxylation is 2. The van der Waals surface area contributed by atoms with Crippen molar-refractivity contribution in [1.29, 1.82) is 0 Å². The minimum Gasteiger partial charge on any atom is -0.464 e. The number of fused-ring (bicyclic) bond motifs is 1. The summed E-state index contributed by atoms with van der Waals surface area (Å²) in [4.78, 5) is 14.5. The van der Waals surface area contributed by atoms with Crippen LogP contribution in [0.4, 0.5) is 5.82 Å². The van der Waals surface area contributed by atoms with Crippen LogP contribution in [0, 0.1) is 6.92 Å². The average molecular weight is 324 g/mol. The van der Waals surface area contributed by atoms with E-state index in [0.717, 1.165) is 41.0 Å². The van der Waals surface area contributed by atoms with E-state index in [9.17, 15) is 4.79 Å². The highest BCUT2D eigenvalue weighted by molar-refractivity contribution is 5.98. The molecule has 3 aromatic rings. The van der Waals surface area contributed by atoms with Crippen LogP contribution in [0.3, 0.4) is 0 Å². The maximum Gasteiger partial charge on any atom is 0.245 e. The first-order chi connectivity index (χ1) is 11.6. The van der Waals surface area contributed by atoms with E-state index in [1.165, 1.54) is 0 Å². The van der Waals surface area contributed by atoms with Gasteiger partial charge in [-0.3, -0.25) is 14.4 Å². The Bertz CT molecular complexity index is 895. The molecule has 1 amide bonds. The Morgan fingerprint density at radius 3 is 3.00 bits per heavy atom. The summed E-state index contributed by atoms with van der Waals surface area (Å²) in [6, 6.07) is 9.83. The second-order valence-electron chi connectivity index (χ2n) is 6.27. The zero-order valence-corrected chi connectivity index (χ0v) is 13.8. The molecule has 3 heterocycles. The zero-order chi connectivity index (χ0) is 16.7. The Balaban J connectivity index is 1.44. The van der Waals surface area contributed by atoms with E-state index in [0.29, 0.717) is 6.54 Å². The van der Waals surface area contributed by atoms with Gasteiger partial charge in [0.1, 0.15) is 11.4 Å². The van der Waals surface area contributed by atoms with Gasteiger partial charge >= 0.3 is 0 Å². The number of benzene rings is 1. The van der Waals surface area contributed by atoms with Crippen molar-refractivity contribution >= 4 is 22.7 Å². The first kappa shape index (κ1) is 15.0. The SMILES string of the molecule is Cc1cc(N2CCC(NCc3ccc4occc4c3)C2=O)n(C)n1. The first-order valence-corrected chi connectivity index (χ1v) is 8.13. The third-order valence-corrected chi connectivity index (χ3v) is 4.53. The van der Waals surface area contributed by atoms with Gasteiger partial charge in [-0.15, -0.1) is 0 Å². The lowest BCUT2D eigenvalue weighted by Gasteiger charge is -2.17. The van der Waals surface area contributed by atoms with E-state index in [-0.39, 0.29) is 11.9 Å². The average Bonchev–Trinajstić information content (AvgIpc) is 3.24. The molecule has 1 aliphatic rings. The van der Waals surface area contributed by atoms with Gasteiger partial charge in [0, 0.05) is 31.6 Å². The predicted octanol–water partition coefficient (Wildman–Crippen LogP) is 2.37. The zero-order valence-electron chi connectivity index (χ0n) is 13.8. The molecule has 1 aromatic carbocycles. The van der Waals surface area contributed by atoms with Crippen molar-refractivity contribution in [1.82, 2.24) is 15.1 Å². The Labute approximate surface area is 140 Å². The summed E-state index contributed by atoms with van der Waals surface area (Å²) in [7, 11) is 1.87. The van der Waals surface area contributed by atoms with Gasteiger partial charge in [-0.2, -0.15) is 5.10 Å². The molecule has 1 fully saturated rings. The maximum absolute atomic E-state index is 12.7. The summed E-state index contributed by atoms with van der Waals surface area (Å²) in [5.41, 5.74) is 2.95. The van der Waals surface area contributed by atoms with Crippen LogP contribution in [-0.4, -0.2) is 28.3 Å². The maximum atomic E-state index is 12.7. The smallest absolute Gasteiger partial charge is 0.245 e. The molecule has 1 aliphatic heterocycles. The van der Waals surface area contributed by atoms with Crippen molar-refractivity contribution in [3.05, 3.63) is 47.9 Å². The van der Waals surface area contributed by atoms with Crippen LogP contribution in [0.5, 0.6) is 0 Å². The van der Waals surface area contributed by atoms with Crippen molar-refractivity contribution in [2.24, 2.45) is 7.05 Å². The number of nitrogens with one attached hydrogen (secondary N) is 1. The predicted molar refractivity (Wildman–Crippen MR) is 91.8 cm³/mol. The molecule has 6 heteroatoms. The molecule has 0 spiro atoms. The fourth-order valence-electron chi connectivity index (χ4n) is 3.31. The number of hydrogen-bond acceptors (Lipinski definition) is 4. The second-order valence-corrected chi connectivity index (χ2v) is 6.27. The summed E-state index contributed by atoms with van der Waals surface area (Å²) < 4.78 is 7.12. The van der Waals surface area contributed by atoms with Gasteiger partial charge in [0.2, 0.25) is 5.91 Å². The lowest BCUT2D eigenvalue weighted by molar-refractivity contribution is -0.118. The standard InChI is InChI=1S/C18H20N4O2/c1-12-9-17(21(2)20-12)22-7-5-15(18(22)23)19-11-13-3-4-16-14(10-13)6-8-24-16/h3-4,6,8-10,15,19H,5,7,11H2,1-2H3. The molecule has 1 N–H and O–H groups in total. The molecule has 0 aliphatic carbocycles. The molecular formula is C18H20N4O2. The lowest BCUT2D eigenvalue weighted by Crippen LogP contribution is -2.38. The number of rotatable bonds is 4. The summed E-state index contributed by atoms with van der Waals surface area (Å²) in [6.45, 7) is 3.32. The molecule has 0 saturated carbocycles. The normalized spacial score (nSPS) is 18.0. The summed E-state index contributed by atoms with van der Waals surface area (Å²) in [5, 5.41) is 8.79. The van der Waals surface area contributed by atoms with Crippen LogP contribution in [0.2, 0.25) is 0 Å². The fourth-order valence-corrected chi connectivity index (χ4v) is 3.31. The number of carbonyl (C=O) groups is 1. The third-order valence-electron chi connectivity index (χ3n) is 4.53. The van der Waals surface area contributed by atoms with Crippen molar-refractivity contribution in [2.75, 3.05) is 11.4 Å². The lowest BCUT2D eigenvalue weighted by atomic mass is 10.1. The second kappa shape index (κ2) is 5.79. The minimum absolute atomic E-state index is 0.113. The number of furan rings is 1. The van der Waals surface area contributed by atoms with Crippen LogP contribution >= 0.6 is 0 Å². The monoisotopic (exact) mass is 324 g/mol. The topological polar surface area (TPSA) is 63.3 Å². The van der Waals surface area contributed by atoms with Crippen LogP contribution in [0.25, 0.3) is 11.0 Å². The number of carbonyl (C=O) groups excluding carboxylic acids is 1. The largest absolute Gasteiger partial charge is 0.464 e. The van der Waals surface area contributed by atoms with Crippen molar-refractivity contribution in [3.63, 3.8) is 0 Å². The summed E-state index contributed by atoms with van der Waals surface area (Å²) in [6.07, 6.45) is 2.49. The number of aromatic nitrogens is 2. The minimum atomic E-state index is -0.153. The van der Waals surface area contributed by atoms with Gasteiger partial charge in [-0.25, -0.2) is 0 Å². The molecule has 1 atom stereocenters. The third kappa shape index (κ3) is 2.59. The molecule has 6 nitrogen and oxygen atoms in total. The van der Waals surface area contributed by atoms with Gasteiger partial charge in [0.05, 0.1) is 18.0 Å². The van der Waals surface area contributed by atoms with Crippen molar-refractivity contribution in [2.45, 2.75) is 25.9 Å². The van der Waals surface area contributed by atoms with Crippen LogP contribution in [0.1, 0.15) is 17.7 Å². The fraction of sp³-hybridized carbons (Fsp3) is 0.333. The van der Waals surface area contributed by atoms with E-state index >= 15 is 0 Å². The molecule has 1 saturated heterocycles. The Morgan fingerprint density at radius 2 is 2.21 bits per heavy atom. The van der Waals surface area contributed by atoms with E-state index in [2.05, 4.69) is 16.5 Å². The molecule has 0 radical (unpaired) electrons. The highest BCUT2D eigenvalue weighted by Crippen LogP contribution is 2.22. The van der Waals surface area contributed by atoms with E-state index < -0.39 is 0 Å². The van der Waals surface area contributed by atoms with Crippen molar-refractivity contribution in [3.8, 4) is 0 Å². The molecule has 2 aromatic heterocycles. The van der Waals surface area contributed by atoms with E-state index in [1.807, 2.05) is 43.1 Å². The number of nitrogens with zero attached hydrogens (tertiary/aromatic N) is 3. The first-order valence-electron chi connectivity index (χ1n) is 8.13. The van der Waals surface area contributed by atoms with E-state index in [4.69, 9.17) is 4.42 Å². The van der Waals surface area contributed by atoms with Crippen LogP contribution in [0.15, 0.2) is 41.0 Å². The van der Waals surface area contributed by atoms with Crippen LogP contribution < -0.4 is 10.2 Å². The Kier molecular flexibility index (Phi) is 3.61. The molecule has 0 bridgehead atoms. The van der Waals surface area contributed by atoms with Gasteiger partial charge in [0.25, 0.3) is 0 Å².